The normalized spacial score (nSPS) is 22.6. The molecule has 1 aromatic rings. The van der Waals surface area contributed by atoms with Gasteiger partial charge in [-0.1, -0.05) is 11.6 Å². The van der Waals surface area contributed by atoms with Gasteiger partial charge in [-0.2, -0.15) is 4.98 Å². The summed E-state index contributed by atoms with van der Waals surface area (Å²) in [7, 11) is 2.12. The fraction of sp³-hybridized carbons (Fsp3) is 0.700. The molecule has 7 heteroatoms. The van der Waals surface area contributed by atoms with Gasteiger partial charge in [-0.25, -0.2) is 0 Å². The van der Waals surface area contributed by atoms with Crippen LogP contribution < -0.4 is 4.90 Å². The van der Waals surface area contributed by atoms with Crippen molar-refractivity contribution in [3.05, 3.63) is 10.4 Å². The van der Waals surface area contributed by atoms with Crippen molar-refractivity contribution < 1.29 is 0 Å². The summed E-state index contributed by atoms with van der Waals surface area (Å²) in [6, 6.07) is 0.327. The summed E-state index contributed by atoms with van der Waals surface area (Å²) < 4.78 is 0. The van der Waals surface area contributed by atoms with Crippen molar-refractivity contribution >= 4 is 29.0 Å². The first kappa shape index (κ1) is 12.8. The van der Waals surface area contributed by atoms with Crippen LogP contribution in [0.2, 0.25) is 10.4 Å². The summed E-state index contributed by atoms with van der Waals surface area (Å²) in [6.45, 7) is 5.09. The van der Waals surface area contributed by atoms with Gasteiger partial charge in [0.1, 0.15) is 0 Å². The number of likely N-dealkylation sites (N-methyl/N-ethyl adjacent to an activating group) is 1. The lowest BCUT2D eigenvalue weighted by atomic mass is 10.3. The van der Waals surface area contributed by atoms with Gasteiger partial charge in [-0.05, 0) is 38.5 Å². The number of hydrogen-bond donors (Lipinski definition) is 0. The van der Waals surface area contributed by atoms with Crippen molar-refractivity contribution in [2.75, 3.05) is 31.6 Å². The molecule has 0 aromatic carbocycles. The van der Waals surface area contributed by atoms with Crippen LogP contribution in [-0.4, -0.2) is 52.8 Å². The summed E-state index contributed by atoms with van der Waals surface area (Å²) in [6.07, 6.45) is 1.07. The highest BCUT2D eigenvalue weighted by Gasteiger charge is 2.23. The Balaban J connectivity index is 2.28. The third-order valence-corrected chi connectivity index (χ3v) is 3.33. The SMILES string of the molecule is CC1CN(C)CCCN1c1nc(Cl)nnc1Cl. The zero-order valence-corrected chi connectivity index (χ0v) is 11.4. The van der Waals surface area contributed by atoms with Gasteiger partial charge in [0.05, 0.1) is 0 Å². The van der Waals surface area contributed by atoms with Crippen molar-refractivity contribution in [3.63, 3.8) is 0 Å². The number of hydrogen-bond acceptors (Lipinski definition) is 5. The largest absolute Gasteiger partial charge is 0.350 e. The van der Waals surface area contributed by atoms with E-state index in [0.29, 0.717) is 17.0 Å². The van der Waals surface area contributed by atoms with E-state index >= 15 is 0 Å². The van der Waals surface area contributed by atoms with Crippen LogP contribution in [-0.2, 0) is 0 Å². The molecule has 1 atom stereocenters. The monoisotopic (exact) mass is 275 g/mol. The topological polar surface area (TPSA) is 45.2 Å². The summed E-state index contributed by atoms with van der Waals surface area (Å²) in [5.74, 6) is 0.634. The van der Waals surface area contributed by atoms with Gasteiger partial charge in [0, 0.05) is 19.1 Å². The van der Waals surface area contributed by atoms with Gasteiger partial charge >= 0.3 is 0 Å². The zero-order chi connectivity index (χ0) is 12.4. The van der Waals surface area contributed by atoms with Gasteiger partial charge in [0.15, 0.2) is 11.0 Å². The summed E-state index contributed by atoms with van der Waals surface area (Å²) in [4.78, 5) is 8.63. The van der Waals surface area contributed by atoms with E-state index in [2.05, 4.69) is 39.0 Å². The molecule has 0 spiro atoms. The zero-order valence-electron chi connectivity index (χ0n) is 9.90. The fourth-order valence-corrected chi connectivity index (χ4v) is 2.46. The first-order valence-corrected chi connectivity index (χ1v) is 6.34. The van der Waals surface area contributed by atoms with E-state index in [1.165, 1.54) is 0 Å². The molecule has 5 nitrogen and oxygen atoms in total. The maximum atomic E-state index is 6.03. The molecule has 17 heavy (non-hydrogen) atoms. The lowest BCUT2D eigenvalue weighted by molar-refractivity contribution is 0.337. The molecular formula is C10H15Cl2N5. The molecule has 94 valence electrons. The Hall–Kier alpha value is -0.650. The van der Waals surface area contributed by atoms with E-state index in [1.807, 2.05) is 0 Å². The van der Waals surface area contributed by atoms with E-state index in [1.54, 1.807) is 0 Å². The van der Waals surface area contributed by atoms with E-state index in [4.69, 9.17) is 23.2 Å². The predicted octanol–water partition coefficient (Wildman–Crippen LogP) is 1.71. The van der Waals surface area contributed by atoms with Crippen LogP contribution in [0.5, 0.6) is 0 Å². The van der Waals surface area contributed by atoms with Gasteiger partial charge in [0.2, 0.25) is 5.28 Å². The Labute approximate surface area is 111 Å². The number of rotatable bonds is 1. The molecule has 1 fully saturated rings. The molecule has 2 rings (SSSR count). The number of aromatic nitrogens is 3. The number of anilines is 1. The highest BCUT2D eigenvalue weighted by atomic mass is 35.5. The molecule has 1 aliphatic heterocycles. The maximum Gasteiger partial charge on any atom is 0.245 e. The predicted molar refractivity (Wildman–Crippen MR) is 68.8 cm³/mol. The number of halogens is 2. The van der Waals surface area contributed by atoms with Crippen LogP contribution in [0, 0.1) is 0 Å². The van der Waals surface area contributed by atoms with Crippen LogP contribution in [0.4, 0.5) is 5.82 Å². The van der Waals surface area contributed by atoms with E-state index < -0.39 is 0 Å². The van der Waals surface area contributed by atoms with Gasteiger partial charge in [0.25, 0.3) is 0 Å². The van der Waals surface area contributed by atoms with E-state index in [0.717, 1.165) is 26.1 Å². The molecule has 0 bridgehead atoms. The second-order valence-electron chi connectivity index (χ2n) is 4.35. The molecule has 0 amide bonds. The molecule has 1 saturated heterocycles. The molecule has 1 aliphatic rings. The Kier molecular flexibility index (Phi) is 4.01. The average Bonchev–Trinajstić information content (AvgIpc) is 2.43. The Morgan fingerprint density at radius 3 is 2.76 bits per heavy atom. The summed E-state index contributed by atoms with van der Waals surface area (Å²) >= 11 is 11.8. The van der Waals surface area contributed by atoms with Crippen LogP contribution >= 0.6 is 23.2 Å². The highest BCUT2D eigenvalue weighted by Crippen LogP contribution is 2.25. The highest BCUT2D eigenvalue weighted by molar-refractivity contribution is 6.32. The van der Waals surface area contributed by atoms with Crippen molar-refractivity contribution in [1.82, 2.24) is 20.1 Å². The average molecular weight is 276 g/mol. The van der Waals surface area contributed by atoms with Crippen molar-refractivity contribution in [2.45, 2.75) is 19.4 Å². The minimum atomic E-state index is 0.134. The fourth-order valence-electron chi connectivity index (χ4n) is 2.16. The summed E-state index contributed by atoms with van der Waals surface area (Å²) in [5, 5.41) is 7.88. The van der Waals surface area contributed by atoms with Crippen molar-refractivity contribution in [3.8, 4) is 0 Å². The maximum absolute atomic E-state index is 6.03. The Morgan fingerprint density at radius 1 is 1.24 bits per heavy atom. The first-order valence-electron chi connectivity index (χ1n) is 5.59. The molecular weight excluding hydrogens is 261 g/mol. The van der Waals surface area contributed by atoms with Gasteiger partial charge in [-0.15, -0.1) is 10.2 Å². The van der Waals surface area contributed by atoms with Crippen LogP contribution in [0.3, 0.4) is 0 Å². The molecule has 1 unspecified atom stereocenters. The second kappa shape index (κ2) is 5.33. The Morgan fingerprint density at radius 2 is 2.00 bits per heavy atom. The second-order valence-corrected chi connectivity index (χ2v) is 5.05. The molecule has 1 aromatic heterocycles. The van der Waals surface area contributed by atoms with Gasteiger partial charge < -0.3 is 9.80 Å². The lowest BCUT2D eigenvalue weighted by Crippen LogP contribution is -2.38. The van der Waals surface area contributed by atoms with E-state index in [-0.39, 0.29) is 5.28 Å². The third kappa shape index (κ3) is 2.97. The molecule has 2 heterocycles. The van der Waals surface area contributed by atoms with Crippen LogP contribution in [0.15, 0.2) is 0 Å². The molecule has 0 saturated carbocycles. The molecule has 0 radical (unpaired) electrons. The quantitative estimate of drug-likeness (QED) is 0.781. The minimum absolute atomic E-state index is 0.134. The van der Waals surface area contributed by atoms with Crippen LogP contribution in [0.25, 0.3) is 0 Å². The standard InChI is InChI=1S/C10H15Cl2N5/c1-7-6-16(2)4-3-5-17(7)9-8(11)14-15-10(12)13-9/h7H,3-6H2,1-2H3. The van der Waals surface area contributed by atoms with Gasteiger partial charge in [-0.3, -0.25) is 0 Å². The third-order valence-electron chi connectivity index (χ3n) is 2.92. The number of nitrogens with zero attached hydrogens (tertiary/aromatic N) is 5. The van der Waals surface area contributed by atoms with Crippen LogP contribution in [0.1, 0.15) is 13.3 Å². The first-order chi connectivity index (χ1) is 8.08. The van der Waals surface area contributed by atoms with Crippen molar-refractivity contribution in [1.29, 1.82) is 0 Å². The summed E-state index contributed by atoms with van der Waals surface area (Å²) in [5.41, 5.74) is 0. The smallest absolute Gasteiger partial charge is 0.245 e. The molecule has 0 aliphatic carbocycles. The Bertz CT molecular complexity index is 400. The lowest BCUT2D eigenvalue weighted by Gasteiger charge is -2.29. The van der Waals surface area contributed by atoms with Crippen molar-refractivity contribution in [2.24, 2.45) is 0 Å². The molecule has 0 N–H and O–H groups in total. The van der Waals surface area contributed by atoms with E-state index in [9.17, 15) is 0 Å². The minimum Gasteiger partial charge on any atom is -0.350 e.